The number of hydrogen-bond acceptors (Lipinski definition) is 3. The minimum atomic E-state index is -4.64. The lowest BCUT2D eigenvalue weighted by Gasteiger charge is -2.17. The summed E-state index contributed by atoms with van der Waals surface area (Å²) < 4.78 is 57.2. The van der Waals surface area contributed by atoms with Crippen molar-refractivity contribution < 1.29 is 27.1 Å². The van der Waals surface area contributed by atoms with Crippen LogP contribution in [-0.4, -0.2) is 23.0 Å². The first-order valence-corrected chi connectivity index (χ1v) is 10.4. The second-order valence-electron chi connectivity index (χ2n) is 8.51. The molecule has 1 heterocycles. The molecule has 0 saturated heterocycles. The minimum absolute atomic E-state index is 0.0149. The van der Waals surface area contributed by atoms with Crippen LogP contribution in [0.5, 0.6) is 5.75 Å². The lowest BCUT2D eigenvalue weighted by atomic mass is 9.93. The van der Waals surface area contributed by atoms with E-state index in [1.54, 1.807) is 0 Å². The normalized spacial score (nSPS) is 15.7. The van der Waals surface area contributed by atoms with Crippen LogP contribution in [0.2, 0.25) is 0 Å². The van der Waals surface area contributed by atoms with Gasteiger partial charge in [-0.1, -0.05) is 26.8 Å². The predicted molar refractivity (Wildman–Crippen MR) is 106 cm³/mol. The molecule has 30 heavy (non-hydrogen) atoms. The number of alkyl halides is 4. The standard InChI is InChI=1S/C21H24F4N2O2S/c1-12-16(20(2,3)4)30-19(27(12)11-13-8-9-13)26-17(28)14-6-5-7-15(10-14)29-21(24,25)18(22)23/h5-7,10,13,18H,8-9,11H2,1-4H3/b26-19-. The summed E-state index contributed by atoms with van der Waals surface area (Å²) in [7, 11) is 0. The molecule has 1 aliphatic rings. The lowest BCUT2D eigenvalue weighted by Crippen LogP contribution is -2.33. The Bertz CT molecular complexity index is 1000. The van der Waals surface area contributed by atoms with Crippen molar-refractivity contribution in [2.24, 2.45) is 10.9 Å². The molecule has 0 radical (unpaired) electrons. The number of benzene rings is 1. The summed E-state index contributed by atoms with van der Waals surface area (Å²) in [4.78, 5) is 18.6. The van der Waals surface area contributed by atoms with Crippen molar-refractivity contribution in [1.82, 2.24) is 4.57 Å². The Balaban J connectivity index is 1.95. The summed E-state index contributed by atoms with van der Waals surface area (Å²) in [5.41, 5.74) is 0.921. The fraction of sp³-hybridized carbons (Fsp3) is 0.524. The van der Waals surface area contributed by atoms with Crippen molar-refractivity contribution in [1.29, 1.82) is 0 Å². The molecule has 0 unspecified atom stereocenters. The molecule has 164 valence electrons. The van der Waals surface area contributed by atoms with Gasteiger partial charge in [0.15, 0.2) is 4.80 Å². The van der Waals surface area contributed by atoms with Crippen molar-refractivity contribution in [3.63, 3.8) is 0 Å². The molecule has 0 N–H and O–H groups in total. The molecule has 1 saturated carbocycles. The van der Waals surface area contributed by atoms with E-state index < -0.39 is 24.2 Å². The topological polar surface area (TPSA) is 43.6 Å². The van der Waals surface area contributed by atoms with Gasteiger partial charge in [0.1, 0.15) is 5.75 Å². The molecule has 3 rings (SSSR count). The molecule has 0 spiro atoms. The van der Waals surface area contributed by atoms with E-state index in [9.17, 15) is 22.4 Å². The van der Waals surface area contributed by atoms with Crippen molar-refractivity contribution in [2.75, 3.05) is 0 Å². The van der Waals surface area contributed by atoms with Crippen molar-refractivity contribution in [3.05, 3.63) is 45.2 Å². The Hall–Kier alpha value is -2.16. The van der Waals surface area contributed by atoms with Crippen LogP contribution in [0, 0.1) is 12.8 Å². The van der Waals surface area contributed by atoms with E-state index in [1.807, 2.05) is 11.5 Å². The van der Waals surface area contributed by atoms with Crippen LogP contribution in [0.3, 0.4) is 0 Å². The fourth-order valence-corrected chi connectivity index (χ4v) is 4.28. The molecular formula is C21H24F4N2O2S. The Morgan fingerprint density at radius 1 is 1.30 bits per heavy atom. The summed E-state index contributed by atoms with van der Waals surface area (Å²) in [5.74, 6) is -0.606. The number of hydrogen-bond donors (Lipinski definition) is 0. The summed E-state index contributed by atoms with van der Waals surface area (Å²) in [6.45, 7) is 9.03. The first kappa shape index (κ1) is 22.5. The molecule has 1 aromatic heterocycles. The highest BCUT2D eigenvalue weighted by molar-refractivity contribution is 7.09. The van der Waals surface area contributed by atoms with Crippen LogP contribution in [0.1, 0.15) is 54.5 Å². The molecule has 0 atom stereocenters. The first-order chi connectivity index (χ1) is 13.9. The van der Waals surface area contributed by atoms with Gasteiger partial charge in [-0.3, -0.25) is 4.79 Å². The number of nitrogens with zero attached hydrogens (tertiary/aromatic N) is 2. The van der Waals surface area contributed by atoms with Crippen molar-refractivity contribution in [3.8, 4) is 5.75 Å². The Morgan fingerprint density at radius 2 is 1.97 bits per heavy atom. The molecule has 4 nitrogen and oxygen atoms in total. The lowest BCUT2D eigenvalue weighted by molar-refractivity contribution is -0.253. The number of carbonyl (C=O) groups excluding carboxylic acids is 1. The van der Waals surface area contributed by atoms with E-state index >= 15 is 0 Å². The van der Waals surface area contributed by atoms with Gasteiger partial charge < -0.3 is 9.30 Å². The third-order valence-corrected chi connectivity index (χ3v) is 6.37. The van der Waals surface area contributed by atoms with E-state index in [0.717, 1.165) is 42.1 Å². The average Bonchev–Trinajstić information content (AvgIpc) is 3.40. The summed E-state index contributed by atoms with van der Waals surface area (Å²) in [6.07, 6.45) is -6.34. The SMILES string of the molecule is Cc1c(C(C)(C)C)s/c(=N\C(=O)c2cccc(OC(F)(F)C(F)F)c2)n1CC1CC1. The van der Waals surface area contributed by atoms with Crippen LogP contribution in [0.25, 0.3) is 0 Å². The monoisotopic (exact) mass is 444 g/mol. The van der Waals surface area contributed by atoms with Gasteiger partial charge in [0.25, 0.3) is 5.91 Å². The number of amides is 1. The van der Waals surface area contributed by atoms with E-state index in [0.29, 0.717) is 10.7 Å². The number of rotatable bonds is 6. The highest BCUT2D eigenvalue weighted by Gasteiger charge is 2.44. The Labute approximate surface area is 176 Å². The maximum Gasteiger partial charge on any atom is 0.461 e. The summed E-state index contributed by atoms with van der Waals surface area (Å²) in [6, 6.07) is 4.76. The molecule has 9 heteroatoms. The zero-order valence-electron chi connectivity index (χ0n) is 17.2. The summed E-state index contributed by atoms with van der Waals surface area (Å²) >= 11 is 1.43. The van der Waals surface area contributed by atoms with E-state index in [2.05, 4.69) is 30.5 Å². The number of aromatic nitrogens is 1. The van der Waals surface area contributed by atoms with Crippen molar-refractivity contribution in [2.45, 2.75) is 65.0 Å². The van der Waals surface area contributed by atoms with Gasteiger partial charge in [0.2, 0.25) is 0 Å². The largest absolute Gasteiger partial charge is 0.461 e. The molecule has 1 aliphatic carbocycles. The molecular weight excluding hydrogens is 420 g/mol. The molecule has 0 aliphatic heterocycles. The zero-order valence-corrected chi connectivity index (χ0v) is 18.0. The van der Waals surface area contributed by atoms with Crippen LogP contribution in [0.15, 0.2) is 29.3 Å². The maximum absolute atomic E-state index is 13.2. The minimum Gasteiger partial charge on any atom is -0.428 e. The number of thiazole rings is 1. The van der Waals surface area contributed by atoms with Crippen LogP contribution in [-0.2, 0) is 12.0 Å². The van der Waals surface area contributed by atoms with Crippen molar-refractivity contribution >= 4 is 17.2 Å². The van der Waals surface area contributed by atoms with Gasteiger partial charge >= 0.3 is 12.5 Å². The predicted octanol–water partition coefficient (Wildman–Crippen LogP) is 5.54. The zero-order chi connectivity index (χ0) is 22.3. The van der Waals surface area contributed by atoms with Gasteiger partial charge in [0.05, 0.1) is 0 Å². The molecule has 1 amide bonds. The highest BCUT2D eigenvalue weighted by Crippen LogP contribution is 2.34. The van der Waals surface area contributed by atoms with E-state index in [-0.39, 0.29) is 11.0 Å². The number of halogens is 4. The average molecular weight is 444 g/mol. The second kappa shape index (κ2) is 8.17. The first-order valence-electron chi connectivity index (χ1n) is 9.63. The number of carbonyl (C=O) groups is 1. The van der Waals surface area contributed by atoms with E-state index in [1.165, 1.54) is 23.5 Å². The second-order valence-corrected chi connectivity index (χ2v) is 9.49. The number of ether oxygens (including phenoxy) is 1. The van der Waals surface area contributed by atoms with Gasteiger partial charge in [-0.2, -0.15) is 22.6 Å². The van der Waals surface area contributed by atoms with Crippen LogP contribution in [0.4, 0.5) is 17.6 Å². The van der Waals surface area contributed by atoms with Gasteiger partial charge in [0, 0.05) is 22.7 Å². The van der Waals surface area contributed by atoms with Crippen LogP contribution < -0.4 is 9.54 Å². The maximum atomic E-state index is 13.2. The summed E-state index contributed by atoms with van der Waals surface area (Å²) in [5, 5.41) is 0. The Morgan fingerprint density at radius 3 is 2.53 bits per heavy atom. The molecule has 1 aromatic carbocycles. The van der Waals surface area contributed by atoms with Crippen LogP contribution >= 0.6 is 11.3 Å². The highest BCUT2D eigenvalue weighted by atomic mass is 32.1. The molecule has 2 aromatic rings. The smallest absolute Gasteiger partial charge is 0.428 e. The Kier molecular flexibility index (Phi) is 6.13. The third kappa shape index (κ3) is 5.11. The molecule has 0 bridgehead atoms. The fourth-order valence-electron chi connectivity index (χ4n) is 3.08. The van der Waals surface area contributed by atoms with Gasteiger partial charge in [-0.15, -0.1) is 11.3 Å². The van der Waals surface area contributed by atoms with Gasteiger partial charge in [-0.25, -0.2) is 0 Å². The molecule has 1 fully saturated rings. The van der Waals surface area contributed by atoms with E-state index in [4.69, 9.17) is 0 Å². The quantitative estimate of drug-likeness (QED) is 0.549. The van der Waals surface area contributed by atoms with Gasteiger partial charge in [-0.05, 0) is 49.3 Å². The third-order valence-electron chi connectivity index (χ3n) is 4.76.